The molecule has 0 aromatic heterocycles. The Hall–Kier alpha value is -3.49. The van der Waals surface area contributed by atoms with Crippen LogP contribution in [0.1, 0.15) is 40.1 Å². The zero-order valence-corrected chi connectivity index (χ0v) is 19.6. The molecule has 0 radical (unpaired) electrons. The molecule has 0 saturated heterocycles. The zero-order chi connectivity index (χ0) is 24.0. The zero-order valence-electron chi connectivity index (χ0n) is 18.8. The predicted octanol–water partition coefficient (Wildman–Crippen LogP) is 3.90. The van der Waals surface area contributed by atoms with E-state index in [9.17, 15) is 18.0 Å². The summed E-state index contributed by atoms with van der Waals surface area (Å²) in [4.78, 5) is 24.9. The Morgan fingerprint density at radius 1 is 0.818 bits per heavy atom. The van der Waals surface area contributed by atoms with Crippen molar-refractivity contribution in [3.8, 4) is 0 Å². The summed E-state index contributed by atoms with van der Waals surface area (Å²) in [7, 11) is -2.00. The molecule has 172 valence electrons. The largest absolute Gasteiger partial charge is 0.348 e. The number of anilines is 1. The van der Waals surface area contributed by atoms with Crippen molar-refractivity contribution < 1.29 is 18.0 Å². The van der Waals surface area contributed by atoms with Gasteiger partial charge in [-0.3, -0.25) is 9.59 Å². The van der Waals surface area contributed by atoms with Gasteiger partial charge in [-0.05, 0) is 67.9 Å². The van der Waals surface area contributed by atoms with Crippen LogP contribution in [0.5, 0.6) is 0 Å². The lowest BCUT2D eigenvalue weighted by atomic mass is 10.1. The van der Waals surface area contributed by atoms with Crippen LogP contribution < -0.4 is 10.6 Å². The SMILES string of the molecule is CC(C)N(C)S(=O)(=O)c1ccc(CNC(=O)c2ccc(NC(=O)c3ccccc3)cc2)cc1. The Balaban J connectivity index is 1.57. The van der Waals surface area contributed by atoms with E-state index in [1.807, 2.05) is 19.9 Å². The molecule has 8 heteroatoms. The summed E-state index contributed by atoms with van der Waals surface area (Å²) in [5.74, 6) is -0.495. The first-order valence-electron chi connectivity index (χ1n) is 10.5. The van der Waals surface area contributed by atoms with Gasteiger partial charge in [0, 0.05) is 36.4 Å². The third-order valence-corrected chi connectivity index (χ3v) is 7.27. The molecule has 0 aliphatic heterocycles. The number of carbonyl (C=O) groups excluding carboxylic acids is 2. The molecule has 7 nitrogen and oxygen atoms in total. The first-order valence-corrected chi connectivity index (χ1v) is 11.9. The van der Waals surface area contributed by atoms with Crippen LogP contribution >= 0.6 is 0 Å². The van der Waals surface area contributed by atoms with Crippen molar-refractivity contribution >= 4 is 27.5 Å². The van der Waals surface area contributed by atoms with Gasteiger partial charge in [-0.15, -0.1) is 0 Å². The molecule has 0 aliphatic rings. The average Bonchev–Trinajstić information content (AvgIpc) is 2.83. The number of sulfonamides is 1. The molecule has 0 aliphatic carbocycles. The van der Waals surface area contributed by atoms with Crippen LogP contribution in [0, 0.1) is 0 Å². The first kappa shape index (κ1) is 24.2. The highest BCUT2D eigenvalue weighted by Crippen LogP contribution is 2.17. The summed E-state index contributed by atoms with van der Waals surface area (Å²) >= 11 is 0. The fourth-order valence-electron chi connectivity index (χ4n) is 3.01. The lowest BCUT2D eigenvalue weighted by Crippen LogP contribution is -2.33. The van der Waals surface area contributed by atoms with Gasteiger partial charge in [-0.25, -0.2) is 8.42 Å². The van der Waals surface area contributed by atoms with Crippen molar-refractivity contribution in [2.24, 2.45) is 0 Å². The van der Waals surface area contributed by atoms with Crippen LogP contribution in [-0.2, 0) is 16.6 Å². The van der Waals surface area contributed by atoms with Gasteiger partial charge in [0.25, 0.3) is 11.8 Å². The molecule has 0 spiro atoms. The van der Waals surface area contributed by atoms with Gasteiger partial charge in [0.05, 0.1) is 4.90 Å². The predicted molar refractivity (Wildman–Crippen MR) is 129 cm³/mol. The molecule has 2 amide bonds. The van der Waals surface area contributed by atoms with Crippen LogP contribution in [0.4, 0.5) is 5.69 Å². The summed E-state index contributed by atoms with van der Waals surface area (Å²) in [5, 5.41) is 5.61. The number of amides is 2. The maximum absolute atomic E-state index is 12.5. The van der Waals surface area contributed by atoms with Crippen molar-refractivity contribution in [1.29, 1.82) is 0 Å². The maximum atomic E-state index is 12.5. The lowest BCUT2D eigenvalue weighted by molar-refractivity contribution is 0.0950. The van der Waals surface area contributed by atoms with Crippen molar-refractivity contribution in [2.75, 3.05) is 12.4 Å². The van der Waals surface area contributed by atoms with Crippen LogP contribution in [-0.4, -0.2) is 37.6 Å². The quantitative estimate of drug-likeness (QED) is 0.527. The molecule has 0 saturated carbocycles. The van der Waals surface area contributed by atoms with Crippen molar-refractivity contribution in [2.45, 2.75) is 31.3 Å². The minimum absolute atomic E-state index is 0.146. The van der Waals surface area contributed by atoms with E-state index in [1.165, 1.54) is 4.31 Å². The Morgan fingerprint density at radius 3 is 1.97 bits per heavy atom. The van der Waals surface area contributed by atoms with E-state index in [-0.39, 0.29) is 29.3 Å². The van der Waals surface area contributed by atoms with Crippen molar-refractivity contribution in [3.63, 3.8) is 0 Å². The Bertz CT molecular complexity index is 1210. The number of nitrogens with zero attached hydrogens (tertiary/aromatic N) is 1. The summed E-state index contributed by atoms with van der Waals surface area (Å²) in [6, 6.07) is 21.8. The second-order valence-corrected chi connectivity index (χ2v) is 9.84. The van der Waals surface area contributed by atoms with E-state index in [4.69, 9.17) is 0 Å². The van der Waals surface area contributed by atoms with Gasteiger partial charge in [-0.1, -0.05) is 30.3 Å². The minimum Gasteiger partial charge on any atom is -0.348 e. The van der Waals surface area contributed by atoms with E-state index in [1.54, 1.807) is 79.8 Å². The topological polar surface area (TPSA) is 95.6 Å². The normalized spacial score (nSPS) is 11.4. The smallest absolute Gasteiger partial charge is 0.255 e. The summed E-state index contributed by atoms with van der Waals surface area (Å²) < 4.78 is 26.4. The molecule has 0 atom stereocenters. The number of hydrogen-bond donors (Lipinski definition) is 2. The van der Waals surface area contributed by atoms with Gasteiger partial charge in [0.15, 0.2) is 0 Å². The molecule has 0 unspecified atom stereocenters. The van der Waals surface area contributed by atoms with Crippen molar-refractivity contribution in [3.05, 3.63) is 95.6 Å². The molecule has 0 fully saturated rings. The summed E-state index contributed by atoms with van der Waals surface area (Å²) in [6.45, 7) is 3.88. The lowest BCUT2D eigenvalue weighted by Gasteiger charge is -2.21. The van der Waals surface area contributed by atoms with Crippen LogP contribution in [0.15, 0.2) is 83.8 Å². The summed E-state index contributed by atoms with van der Waals surface area (Å²) in [5.41, 5.74) is 2.37. The third kappa shape index (κ3) is 6.06. The number of nitrogens with one attached hydrogen (secondary N) is 2. The monoisotopic (exact) mass is 465 g/mol. The van der Waals surface area contributed by atoms with E-state index < -0.39 is 10.0 Å². The highest BCUT2D eigenvalue weighted by atomic mass is 32.2. The molecule has 3 aromatic rings. The number of hydrogen-bond acceptors (Lipinski definition) is 4. The minimum atomic E-state index is -3.54. The molecule has 0 bridgehead atoms. The van der Waals surface area contributed by atoms with E-state index in [0.29, 0.717) is 16.8 Å². The van der Waals surface area contributed by atoms with E-state index in [2.05, 4.69) is 10.6 Å². The van der Waals surface area contributed by atoms with E-state index in [0.717, 1.165) is 5.56 Å². The fraction of sp³-hybridized carbons (Fsp3) is 0.200. The number of carbonyl (C=O) groups is 2. The van der Waals surface area contributed by atoms with E-state index >= 15 is 0 Å². The third-order valence-electron chi connectivity index (χ3n) is 5.22. The molecular formula is C25H27N3O4S. The van der Waals surface area contributed by atoms with Crippen LogP contribution in [0.25, 0.3) is 0 Å². The molecule has 2 N–H and O–H groups in total. The standard InChI is InChI=1S/C25H27N3O4S/c1-18(2)28(3)33(31,32)23-15-9-19(10-16-23)17-26-24(29)21-11-13-22(14-12-21)27-25(30)20-7-5-4-6-8-20/h4-16,18H,17H2,1-3H3,(H,26,29)(H,27,30). The van der Waals surface area contributed by atoms with Gasteiger partial charge < -0.3 is 10.6 Å². The molecule has 33 heavy (non-hydrogen) atoms. The second kappa shape index (κ2) is 10.4. The molecular weight excluding hydrogens is 438 g/mol. The molecule has 3 rings (SSSR count). The van der Waals surface area contributed by atoms with Crippen LogP contribution in [0.3, 0.4) is 0 Å². The highest BCUT2D eigenvalue weighted by Gasteiger charge is 2.22. The number of rotatable bonds is 8. The van der Waals surface area contributed by atoms with Gasteiger partial charge in [-0.2, -0.15) is 4.31 Å². The van der Waals surface area contributed by atoms with Gasteiger partial charge >= 0.3 is 0 Å². The van der Waals surface area contributed by atoms with Crippen molar-refractivity contribution in [1.82, 2.24) is 9.62 Å². The molecule has 0 heterocycles. The second-order valence-electron chi connectivity index (χ2n) is 7.84. The Labute approximate surface area is 194 Å². The van der Waals surface area contributed by atoms with Gasteiger partial charge in [0.2, 0.25) is 10.0 Å². The van der Waals surface area contributed by atoms with Crippen LogP contribution in [0.2, 0.25) is 0 Å². The fourth-order valence-corrected chi connectivity index (χ4v) is 4.37. The highest BCUT2D eigenvalue weighted by molar-refractivity contribution is 7.89. The molecule has 3 aromatic carbocycles. The van der Waals surface area contributed by atoms with Gasteiger partial charge in [0.1, 0.15) is 0 Å². The average molecular weight is 466 g/mol. The Morgan fingerprint density at radius 2 is 1.39 bits per heavy atom. The number of benzene rings is 3. The maximum Gasteiger partial charge on any atom is 0.255 e. The first-order chi connectivity index (χ1) is 15.7. The summed E-state index contributed by atoms with van der Waals surface area (Å²) in [6.07, 6.45) is 0. The Kier molecular flexibility index (Phi) is 7.63.